The maximum absolute atomic E-state index is 12.2. The van der Waals surface area contributed by atoms with Crippen molar-refractivity contribution in [3.8, 4) is 0 Å². The van der Waals surface area contributed by atoms with Crippen LogP contribution in [0.3, 0.4) is 0 Å². The van der Waals surface area contributed by atoms with Gasteiger partial charge in [0.05, 0.1) is 25.8 Å². The fourth-order valence-electron chi connectivity index (χ4n) is 1.86. The summed E-state index contributed by atoms with van der Waals surface area (Å²) in [6.45, 7) is -0.563. The van der Waals surface area contributed by atoms with Crippen LogP contribution in [0, 0.1) is 5.92 Å². The number of urea groups is 1. The normalized spacial score (nSPS) is 23.2. The van der Waals surface area contributed by atoms with Crippen LogP contribution in [0.4, 0.5) is 13.6 Å². The minimum absolute atomic E-state index is 0.0240. The summed E-state index contributed by atoms with van der Waals surface area (Å²) in [5, 5.41) is 8.95. The second-order valence-electron chi connectivity index (χ2n) is 4.21. The summed E-state index contributed by atoms with van der Waals surface area (Å²) >= 11 is 0. The number of rotatable bonds is 4. The largest absolute Gasteiger partial charge is 0.481 e. The van der Waals surface area contributed by atoms with E-state index in [1.54, 1.807) is 0 Å². The highest BCUT2D eigenvalue weighted by Crippen LogP contribution is 2.20. The van der Waals surface area contributed by atoms with Gasteiger partial charge in [0.2, 0.25) is 0 Å². The summed E-state index contributed by atoms with van der Waals surface area (Å²) in [7, 11) is 2.64. The van der Waals surface area contributed by atoms with Crippen molar-refractivity contribution in [3.05, 3.63) is 0 Å². The Morgan fingerprint density at radius 1 is 1.39 bits per heavy atom. The van der Waals surface area contributed by atoms with Gasteiger partial charge in [0, 0.05) is 14.1 Å². The molecule has 1 N–H and O–H groups in total. The molecular weight excluding hydrogens is 250 g/mol. The fraction of sp³-hybridized carbons (Fsp3) is 0.800. The number of aliphatic carboxylic acids is 1. The van der Waals surface area contributed by atoms with Crippen LogP contribution in [0.1, 0.15) is 0 Å². The SMILES string of the molecule is CN(CC(F)F)C(=O)N(C)C1COCC1C(=O)O. The summed E-state index contributed by atoms with van der Waals surface area (Å²) in [5.41, 5.74) is 0. The lowest BCUT2D eigenvalue weighted by atomic mass is 10.0. The first-order valence-electron chi connectivity index (χ1n) is 5.41. The zero-order valence-electron chi connectivity index (χ0n) is 10.2. The van der Waals surface area contributed by atoms with Gasteiger partial charge in [-0.15, -0.1) is 0 Å². The zero-order chi connectivity index (χ0) is 13.9. The predicted octanol–water partition coefficient (Wildman–Crippen LogP) is 0.335. The van der Waals surface area contributed by atoms with Crippen LogP contribution >= 0.6 is 0 Å². The van der Waals surface area contributed by atoms with Crippen molar-refractivity contribution in [2.45, 2.75) is 12.5 Å². The van der Waals surface area contributed by atoms with Crippen molar-refractivity contribution in [2.24, 2.45) is 5.92 Å². The van der Waals surface area contributed by atoms with Gasteiger partial charge in [-0.2, -0.15) is 0 Å². The molecular formula is C10H16F2N2O4. The van der Waals surface area contributed by atoms with Gasteiger partial charge < -0.3 is 19.6 Å². The van der Waals surface area contributed by atoms with Gasteiger partial charge in [0.15, 0.2) is 0 Å². The Hall–Kier alpha value is -1.44. The molecule has 0 radical (unpaired) electrons. The molecule has 2 atom stereocenters. The van der Waals surface area contributed by atoms with E-state index < -0.39 is 36.9 Å². The maximum atomic E-state index is 12.2. The van der Waals surface area contributed by atoms with E-state index in [1.807, 2.05) is 0 Å². The van der Waals surface area contributed by atoms with Crippen molar-refractivity contribution >= 4 is 12.0 Å². The standard InChI is InChI=1S/C10H16F2N2O4/c1-13(3-8(11)12)10(17)14(2)7-5-18-4-6(7)9(15)16/h6-8H,3-5H2,1-2H3,(H,15,16). The van der Waals surface area contributed by atoms with E-state index in [4.69, 9.17) is 9.84 Å². The average Bonchev–Trinajstić information content (AvgIpc) is 2.74. The Balaban J connectivity index is 2.65. The first kappa shape index (κ1) is 14.6. The Morgan fingerprint density at radius 3 is 2.50 bits per heavy atom. The number of carbonyl (C=O) groups is 2. The van der Waals surface area contributed by atoms with Gasteiger partial charge in [0.25, 0.3) is 6.43 Å². The molecule has 0 aromatic heterocycles. The summed E-state index contributed by atoms with van der Waals surface area (Å²) in [6.07, 6.45) is -2.62. The van der Waals surface area contributed by atoms with Gasteiger partial charge in [-0.1, -0.05) is 0 Å². The Labute approximate surface area is 103 Å². The molecule has 6 nitrogen and oxygen atoms in total. The number of hydrogen-bond acceptors (Lipinski definition) is 3. The molecule has 0 spiro atoms. The molecule has 1 heterocycles. The molecule has 0 saturated carbocycles. The number of alkyl halides is 2. The van der Waals surface area contributed by atoms with E-state index in [0.29, 0.717) is 0 Å². The third kappa shape index (κ3) is 3.28. The Kier molecular flexibility index (Phi) is 4.83. The monoisotopic (exact) mass is 266 g/mol. The lowest BCUT2D eigenvalue weighted by molar-refractivity contribution is -0.142. The Bertz CT molecular complexity index is 327. The topological polar surface area (TPSA) is 70.1 Å². The van der Waals surface area contributed by atoms with Crippen molar-refractivity contribution in [1.82, 2.24) is 9.80 Å². The fourth-order valence-corrected chi connectivity index (χ4v) is 1.86. The lowest BCUT2D eigenvalue weighted by Crippen LogP contribution is -2.49. The average molecular weight is 266 g/mol. The van der Waals surface area contributed by atoms with Crippen molar-refractivity contribution in [3.63, 3.8) is 0 Å². The van der Waals surface area contributed by atoms with Gasteiger partial charge >= 0.3 is 12.0 Å². The third-order valence-electron chi connectivity index (χ3n) is 2.91. The first-order valence-corrected chi connectivity index (χ1v) is 5.41. The number of carboxylic acid groups (broad SMARTS) is 1. The van der Waals surface area contributed by atoms with Crippen LogP contribution in [0.25, 0.3) is 0 Å². The number of carbonyl (C=O) groups excluding carboxylic acids is 1. The quantitative estimate of drug-likeness (QED) is 0.796. The molecule has 1 rings (SSSR count). The van der Waals surface area contributed by atoms with Crippen LogP contribution in [-0.2, 0) is 9.53 Å². The molecule has 104 valence electrons. The van der Waals surface area contributed by atoms with E-state index in [2.05, 4.69) is 0 Å². The van der Waals surface area contributed by atoms with Crippen LogP contribution in [0.2, 0.25) is 0 Å². The van der Waals surface area contributed by atoms with Crippen LogP contribution < -0.4 is 0 Å². The number of nitrogens with zero attached hydrogens (tertiary/aromatic N) is 2. The highest BCUT2D eigenvalue weighted by molar-refractivity contribution is 5.77. The molecule has 0 bridgehead atoms. The summed E-state index contributed by atoms with van der Waals surface area (Å²) < 4.78 is 29.3. The van der Waals surface area contributed by atoms with E-state index in [-0.39, 0.29) is 13.2 Å². The molecule has 0 aromatic carbocycles. The molecule has 2 amide bonds. The highest BCUT2D eigenvalue weighted by atomic mass is 19.3. The molecule has 1 aliphatic rings. The molecule has 1 saturated heterocycles. The number of likely N-dealkylation sites (N-methyl/N-ethyl adjacent to an activating group) is 1. The minimum Gasteiger partial charge on any atom is -0.481 e. The lowest BCUT2D eigenvalue weighted by Gasteiger charge is -2.30. The number of carboxylic acids is 1. The van der Waals surface area contributed by atoms with Gasteiger partial charge in [-0.05, 0) is 0 Å². The molecule has 0 aliphatic carbocycles. The van der Waals surface area contributed by atoms with Crippen LogP contribution in [-0.4, -0.2) is 73.2 Å². The molecule has 1 fully saturated rings. The van der Waals surface area contributed by atoms with Gasteiger partial charge in [-0.25, -0.2) is 13.6 Å². The maximum Gasteiger partial charge on any atom is 0.320 e. The van der Waals surface area contributed by atoms with Crippen molar-refractivity contribution in [2.75, 3.05) is 33.9 Å². The van der Waals surface area contributed by atoms with E-state index in [1.165, 1.54) is 14.1 Å². The number of halogens is 2. The van der Waals surface area contributed by atoms with Crippen molar-refractivity contribution in [1.29, 1.82) is 0 Å². The molecule has 18 heavy (non-hydrogen) atoms. The predicted molar refractivity (Wildman–Crippen MR) is 57.5 cm³/mol. The number of ether oxygens (including phenoxy) is 1. The number of hydrogen-bond donors (Lipinski definition) is 1. The summed E-state index contributed by atoms with van der Waals surface area (Å²) in [6, 6.07) is -1.27. The smallest absolute Gasteiger partial charge is 0.320 e. The molecule has 8 heteroatoms. The number of amides is 2. The molecule has 1 aliphatic heterocycles. The van der Waals surface area contributed by atoms with E-state index >= 15 is 0 Å². The van der Waals surface area contributed by atoms with Crippen molar-refractivity contribution < 1.29 is 28.2 Å². The molecule has 2 unspecified atom stereocenters. The van der Waals surface area contributed by atoms with Crippen LogP contribution in [0.15, 0.2) is 0 Å². The third-order valence-corrected chi connectivity index (χ3v) is 2.91. The summed E-state index contributed by atoms with van der Waals surface area (Å²) in [4.78, 5) is 24.7. The minimum atomic E-state index is -2.62. The Morgan fingerprint density at radius 2 is 2.00 bits per heavy atom. The summed E-state index contributed by atoms with van der Waals surface area (Å²) in [5.74, 6) is -1.88. The van der Waals surface area contributed by atoms with Crippen LogP contribution in [0.5, 0.6) is 0 Å². The van der Waals surface area contributed by atoms with Gasteiger partial charge in [-0.3, -0.25) is 4.79 Å². The van der Waals surface area contributed by atoms with E-state index in [9.17, 15) is 18.4 Å². The molecule has 0 aromatic rings. The zero-order valence-corrected chi connectivity index (χ0v) is 10.2. The van der Waals surface area contributed by atoms with Gasteiger partial charge in [0.1, 0.15) is 5.92 Å². The second kappa shape index (κ2) is 5.94. The van der Waals surface area contributed by atoms with E-state index in [0.717, 1.165) is 9.80 Å². The first-order chi connectivity index (χ1) is 8.34. The highest BCUT2D eigenvalue weighted by Gasteiger charge is 2.39. The second-order valence-corrected chi connectivity index (χ2v) is 4.21.